The van der Waals surface area contributed by atoms with Gasteiger partial charge in [0.15, 0.2) is 17.6 Å². The molecule has 0 spiro atoms. The third-order valence-corrected chi connectivity index (χ3v) is 4.46. The first-order valence-electron chi connectivity index (χ1n) is 9.07. The Hall–Kier alpha value is -3.06. The Morgan fingerprint density at radius 2 is 1.76 bits per heavy atom. The molecule has 1 N–H and O–H groups in total. The summed E-state index contributed by atoms with van der Waals surface area (Å²) in [6.45, 7) is 3.81. The lowest BCUT2D eigenvalue weighted by Gasteiger charge is -2.15. The minimum absolute atomic E-state index is 0.167. The van der Waals surface area contributed by atoms with Crippen molar-refractivity contribution in [3.8, 4) is 11.5 Å². The van der Waals surface area contributed by atoms with Gasteiger partial charge >= 0.3 is 5.97 Å². The molecule has 1 heterocycles. The molecule has 0 bridgehead atoms. The number of carbonyl (C=O) groups excluding carboxylic acids is 3. The van der Waals surface area contributed by atoms with Crippen LogP contribution in [0.25, 0.3) is 0 Å². The molecule has 2 aromatic carbocycles. The number of halogens is 1. The van der Waals surface area contributed by atoms with Crippen LogP contribution < -0.4 is 14.8 Å². The van der Waals surface area contributed by atoms with Crippen LogP contribution in [0.1, 0.15) is 41.0 Å². The molecular weight excluding hydrogens is 398 g/mol. The molecule has 0 saturated carbocycles. The maximum atomic E-state index is 12.6. The lowest BCUT2D eigenvalue weighted by molar-refractivity contribution is -0.114. The summed E-state index contributed by atoms with van der Waals surface area (Å²) in [5.41, 5.74) is 1.09. The molecule has 2 aromatic rings. The largest absolute Gasteiger partial charge is 0.489 e. The number of Topliss-reactive ketones (excluding diaryl/α,β-unsaturated/α-hetero) is 1. The first-order chi connectivity index (χ1) is 13.8. The van der Waals surface area contributed by atoms with E-state index in [1.165, 1.54) is 26.0 Å². The number of carbonyl (C=O) groups is 3. The monoisotopic (exact) mass is 417 g/mol. The van der Waals surface area contributed by atoms with E-state index in [4.69, 9.17) is 25.8 Å². The summed E-state index contributed by atoms with van der Waals surface area (Å²) in [6.07, 6.45) is -0.305. The van der Waals surface area contributed by atoms with E-state index in [0.717, 1.165) is 0 Å². The number of hydrogen-bond acceptors (Lipinski definition) is 6. The molecule has 0 aliphatic carbocycles. The second-order valence-corrected chi connectivity index (χ2v) is 6.91. The van der Waals surface area contributed by atoms with Gasteiger partial charge < -0.3 is 19.5 Å². The fourth-order valence-corrected chi connectivity index (χ4v) is 3.05. The number of amides is 1. The summed E-state index contributed by atoms with van der Waals surface area (Å²) in [6, 6.07) is 9.25. The Labute approximate surface area is 172 Å². The van der Waals surface area contributed by atoms with Gasteiger partial charge in [0, 0.05) is 24.6 Å². The summed E-state index contributed by atoms with van der Waals surface area (Å²) in [5, 5.41) is 2.86. The fourth-order valence-electron chi connectivity index (χ4n) is 2.79. The molecule has 7 nitrogen and oxygen atoms in total. The number of hydrogen-bond donors (Lipinski definition) is 1. The second kappa shape index (κ2) is 8.96. The van der Waals surface area contributed by atoms with Crippen LogP contribution in [0.15, 0.2) is 36.4 Å². The quantitative estimate of drug-likeness (QED) is 0.586. The van der Waals surface area contributed by atoms with Gasteiger partial charge in [-0.2, -0.15) is 0 Å². The van der Waals surface area contributed by atoms with Crippen LogP contribution in [0.3, 0.4) is 0 Å². The minimum atomic E-state index is -1.01. The van der Waals surface area contributed by atoms with Gasteiger partial charge in [0.25, 0.3) is 0 Å². The molecule has 8 heteroatoms. The van der Waals surface area contributed by atoms with Crippen LogP contribution >= 0.6 is 11.6 Å². The van der Waals surface area contributed by atoms with E-state index in [1.54, 1.807) is 24.3 Å². The molecule has 0 unspecified atom stereocenters. The number of rotatable bonds is 5. The number of ketones is 1. The van der Waals surface area contributed by atoms with Gasteiger partial charge in [-0.1, -0.05) is 11.6 Å². The topological polar surface area (TPSA) is 90.9 Å². The summed E-state index contributed by atoms with van der Waals surface area (Å²) in [4.78, 5) is 36.1. The first kappa shape index (κ1) is 20.7. The third-order valence-electron chi connectivity index (χ3n) is 4.18. The maximum Gasteiger partial charge on any atom is 0.339 e. The molecule has 1 aliphatic heterocycles. The van der Waals surface area contributed by atoms with Crippen LogP contribution in [0.5, 0.6) is 11.5 Å². The molecule has 1 atom stereocenters. The lowest BCUT2D eigenvalue weighted by Crippen LogP contribution is -2.24. The summed E-state index contributed by atoms with van der Waals surface area (Å²) in [5.74, 6) is -0.509. The highest BCUT2D eigenvalue weighted by Gasteiger charge is 2.23. The summed E-state index contributed by atoms with van der Waals surface area (Å²) >= 11 is 6.20. The van der Waals surface area contributed by atoms with Gasteiger partial charge in [-0.05, 0) is 43.3 Å². The molecule has 0 fully saturated rings. The van der Waals surface area contributed by atoms with Crippen LogP contribution in [-0.2, 0) is 9.53 Å². The van der Waals surface area contributed by atoms with Crippen molar-refractivity contribution in [2.24, 2.45) is 0 Å². The fraction of sp³-hybridized carbons (Fsp3) is 0.286. The number of ether oxygens (including phenoxy) is 3. The molecule has 0 radical (unpaired) electrons. The van der Waals surface area contributed by atoms with Crippen molar-refractivity contribution >= 4 is 34.9 Å². The molecule has 152 valence electrons. The Morgan fingerprint density at radius 1 is 1.07 bits per heavy atom. The van der Waals surface area contributed by atoms with E-state index >= 15 is 0 Å². The standard InChI is InChI=1S/C21H20ClNO6/c1-12(19(25)14-4-6-16(7-5-14)23-13(2)24)29-21(26)15-10-17(22)20-18(11-15)27-8-3-9-28-20/h4-7,10-12H,3,8-9H2,1-2H3,(H,23,24)/t12-/m0/s1. The molecule has 1 aliphatic rings. The highest BCUT2D eigenvalue weighted by Crippen LogP contribution is 2.38. The lowest BCUT2D eigenvalue weighted by atomic mass is 10.1. The van der Waals surface area contributed by atoms with Crippen LogP contribution in [0, 0.1) is 0 Å². The van der Waals surface area contributed by atoms with Gasteiger partial charge in [-0.15, -0.1) is 0 Å². The molecule has 3 rings (SSSR count). The zero-order chi connectivity index (χ0) is 21.0. The summed E-state index contributed by atoms with van der Waals surface area (Å²) < 4.78 is 16.4. The Kier molecular flexibility index (Phi) is 6.39. The molecular formula is C21H20ClNO6. The third kappa shape index (κ3) is 5.06. The van der Waals surface area contributed by atoms with E-state index < -0.39 is 12.1 Å². The van der Waals surface area contributed by atoms with Crippen molar-refractivity contribution in [3.05, 3.63) is 52.5 Å². The molecule has 29 heavy (non-hydrogen) atoms. The van der Waals surface area contributed by atoms with Gasteiger partial charge in [0.05, 0.1) is 23.8 Å². The van der Waals surface area contributed by atoms with Crippen molar-refractivity contribution in [3.63, 3.8) is 0 Å². The predicted molar refractivity (Wildman–Crippen MR) is 107 cm³/mol. The maximum absolute atomic E-state index is 12.6. The van der Waals surface area contributed by atoms with Gasteiger partial charge in [-0.25, -0.2) is 4.79 Å². The average Bonchev–Trinajstić information content (AvgIpc) is 2.93. The Bertz CT molecular complexity index is 941. The highest BCUT2D eigenvalue weighted by atomic mass is 35.5. The second-order valence-electron chi connectivity index (χ2n) is 6.51. The normalized spacial score (nSPS) is 13.8. The van der Waals surface area contributed by atoms with E-state index in [-0.39, 0.29) is 22.3 Å². The average molecular weight is 418 g/mol. The van der Waals surface area contributed by atoms with E-state index in [1.807, 2.05) is 0 Å². The van der Waals surface area contributed by atoms with Crippen LogP contribution in [0.2, 0.25) is 5.02 Å². The Balaban J connectivity index is 1.70. The van der Waals surface area contributed by atoms with E-state index in [9.17, 15) is 14.4 Å². The van der Waals surface area contributed by atoms with Gasteiger partial charge in [-0.3, -0.25) is 9.59 Å². The number of benzene rings is 2. The zero-order valence-corrected chi connectivity index (χ0v) is 16.7. The van der Waals surface area contributed by atoms with E-state index in [0.29, 0.717) is 42.4 Å². The molecule has 0 saturated heterocycles. The zero-order valence-electron chi connectivity index (χ0n) is 16.0. The number of fused-ring (bicyclic) bond motifs is 1. The molecule has 1 amide bonds. The number of nitrogens with one attached hydrogen (secondary N) is 1. The molecule has 0 aromatic heterocycles. The van der Waals surface area contributed by atoms with Crippen molar-refractivity contribution in [1.82, 2.24) is 0 Å². The van der Waals surface area contributed by atoms with Crippen molar-refractivity contribution in [2.45, 2.75) is 26.4 Å². The van der Waals surface area contributed by atoms with Crippen LogP contribution in [0.4, 0.5) is 5.69 Å². The van der Waals surface area contributed by atoms with Crippen molar-refractivity contribution in [1.29, 1.82) is 0 Å². The smallest absolute Gasteiger partial charge is 0.339 e. The van der Waals surface area contributed by atoms with Crippen LogP contribution in [-0.4, -0.2) is 37.0 Å². The predicted octanol–water partition coefficient (Wildman–Crippen LogP) is 3.89. The van der Waals surface area contributed by atoms with Crippen molar-refractivity contribution in [2.75, 3.05) is 18.5 Å². The Morgan fingerprint density at radius 3 is 2.45 bits per heavy atom. The first-order valence-corrected chi connectivity index (χ1v) is 9.45. The number of anilines is 1. The number of esters is 1. The summed E-state index contributed by atoms with van der Waals surface area (Å²) in [7, 11) is 0. The van der Waals surface area contributed by atoms with E-state index in [2.05, 4.69) is 5.32 Å². The van der Waals surface area contributed by atoms with Crippen molar-refractivity contribution < 1.29 is 28.6 Å². The minimum Gasteiger partial charge on any atom is -0.489 e. The van der Waals surface area contributed by atoms with Gasteiger partial charge in [0.1, 0.15) is 0 Å². The SMILES string of the molecule is CC(=O)Nc1ccc(C(=O)[C@H](C)OC(=O)c2cc(Cl)c3c(c2)OCCCO3)cc1. The highest BCUT2D eigenvalue weighted by molar-refractivity contribution is 6.32. The van der Waals surface area contributed by atoms with Gasteiger partial charge in [0.2, 0.25) is 11.7 Å².